The Bertz CT molecular complexity index is 1860. The second kappa shape index (κ2) is 13.1. The molecular weight excluding hydrogens is 657 g/mol. The maximum absolute atomic E-state index is 16.1. The van der Waals surface area contributed by atoms with Crippen LogP contribution in [0.5, 0.6) is 0 Å². The first-order chi connectivity index (χ1) is 23.3. The lowest BCUT2D eigenvalue weighted by Gasteiger charge is -2.37. The number of piperazine rings is 1. The van der Waals surface area contributed by atoms with Crippen molar-refractivity contribution in [3.05, 3.63) is 120 Å². The van der Waals surface area contributed by atoms with Gasteiger partial charge < -0.3 is 20.6 Å². The van der Waals surface area contributed by atoms with Crippen LogP contribution in [-0.2, 0) is 18.1 Å². The first-order valence-electron chi connectivity index (χ1n) is 15.0. The Morgan fingerprint density at radius 1 is 0.776 bits per heavy atom. The molecule has 256 valence electrons. The first-order valence-corrected chi connectivity index (χ1v) is 15.0. The van der Waals surface area contributed by atoms with Gasteiger partial charge in [0.25, 0.3) is 0 Å². The van der Waals surface area contributed by atoms with E-state index >= 15 is 8.78 Å². The molecule has 3 N–H and O–H groups in total. The van der Waals surface area contributed by atoms with E-state index in [1.807, 2.05) is 12.1 Å². The van der Waals surface area contributed by atoms with Crippen LogP contribution in [0.3, 0.4) is 0 Å². The molecule has 2 aromatic heterocycles. The molecule has 0 aliphatic carbocycles. The van der Waals surface area contributed by atoms with Gasteiger partial charge in [0.05, 0.1) is 6.54 Å². The second-order valence-electron chi connectivity index (χ2n) is 11.6. The third kappa shape index (κ3) is 6.78. The third-order valence-electron chi connectivity index (χ3n) is 8.58. The summed E-state index contributed by atoms with van der Waals surface area (Å²) >= 11 is 0. The fourth-order valence-electron chi connectivity index (χ4n) is 5.80. The van der Waals surface area contributed by atoms with Crippen LogP contribution >= 0.6 is 0 Å². The lowest BCUT2D eigenvalue weighted by Crippen LogP contribution is -2.48. The summed E-state index contributed by atoms with van der Waals surface area (Å²) in [6, 6.07) is 15.7. The van der Waals surface area contributed by atoms with E-state index in [1.54, 1.807) is 24.3 Å². The highest BCUT2D eigenvalue weighted by atomic mass is 19.4. The number of nitrogens with two attached hydrogens (primary N) is 1. The number of rotatable bonds is 9. The van der Waals surface area contributed by atoms with Gasteiger partial charge in [-0.1, -0.05) is 30.3 Å². The number of tetrazole rings is 1. The van der Waals surface area contributed by atoms with Crippen LogP contribution in [0.2, 0.25) is 0 Å². The molecule has 9 nitrogen and oxygen atoms in total. The fraction of sp³-hybridized carbons (Fsp3) is 0.273. The van der Waals surface area contributed by atoms with Gasteiger partial charge in [-0.2, -0.15) is 22.0 Å². The Morgan fingerprint density at radius 3 is 1.88 bits per heavy atom. The fourth-order valence-corrected chi connectivity index (χ4v) is 5.80. The van der Waals surface area contributed by atoms with Crippen molar-refractivity contribution in [1.29, 1.82) is 0 Å². The Hall–Kier alpha value is -5.09. The predicted molar refractivity (Wildman–Crippen MR) is 165 cm³/mol. The van der Waals surface area contributed by atoms with Crippen molar-refractivity contribution in [3.8, 4) is 11.1 Å². The molecule has 2 unspecified atom stereocenters. The van der Waals surface area contributed by atoms with Gasteiger partial charge in [0.1, 0.15) is 29.7 Å². The van der Waals surface area contributed by atoms with Crippen molar-refractivity contribution in [2.24, 2.45) is 5.73 Å². The Labute approximate surface area is 275 Å². The second-order valence-corrected chi connectivity index (χ2v) is 11.6. The van der Waals surface area contributed by atoms with E-state index in [0.29, 0.717) is 43.4 Å². The Kier molecular flexibility index (Phi) is 9.02. The van der Waals surface area contributed by atoms with Crippen LogP contribution in [0.1, 0.15) is 22.9 Å². The predicted octanol–water partition coefficient (Wildman–Crippen LogP) is 5.58. The number of hydrogen-bond donors (Lipinski definition) is 2. The molecule has 49 heavy (non-hydrogen) atoms. The number of alkyl halides is 5. The van der Waals surface area contributed by atoms with E-state index in [1.165, 1.54) is 24.4 Å². The minimum atomic E-state index is -4.52. The molecule has 1 aliphatic rings. The van der Waals surface area contributed by atoms with Crippen LogP contribution in [0.15, 0.2) is 91.4 Å². The highest BCUT2D eigenvalue weighted by Gasteiger charge is 2.58. The topological polar surface area (TPSA) is 109 Å². The summed E-state index contributed by atoms with van der Waals surface area (Å²) in [4.78, 5) is 8.15. The molecule has 0 spiro atoms. The number of nitrogens with zero attached hydrogens (tertiary/aromatic N) is 7. The van der Waals surface area contributed by atoms with Crippen LogP contribution < -0.4 is 15.5 Å². The number of hydrogen-bond acceptors (Lipinski definition) is 8. The number of benzene rings is 3. The molecule has 5 aromatic rings. The highest BCUT2D eigenvalue weighted by molar-refractivity contribution is 5.66. The zero-order chi connectivity index (χ0) is 35.0. The molecule has 6 rings (SSSR count). The SMILES string of the molecule is NC(c1ccc(N2CCN(c3ccc(-c4ccc(C(F)(F)C(O)(Cn5cnnn5)c5ccc(F)cc5F)nc4)cc3)CC2)cc1)C(F)(F)F. The zero-order valence-corrected chi connectivity index (χ0v) is 25.6. The van der Waals surface area contributed by atoms with Gasteiger partial charge in [-0.3, -0.25) is 4.98 Å². The van der Waals surface area contributed by atoms with Crippen LogP contribution in [0.25, 0.3) is 11.1 Å². The number of pyridine rings is 1. The van der Waals surface area contributed by atoms with Crippen LogP contribution in [0, 0.1) is 11.6 Å². The smallest absolute Gasteiger partial charge is 0.377 e. The summed E-state index contributed by atoms with van der Waals surface area (Å²) in [5, 5.41) is 21.6. The van der Waals surface area contributed by atoms with Crippen LogP contribution in [0.4, 0.5) is 42.1 Å². The molecule has 0 radical (unpaired) electrons. The zero-order valence-electron chi connectivity index (χ0n) is 25.6. The van der Waals surface area contributed by atoms with Gasteiger partial charge in [0, 0.05) is 60.9 Å². The van der Waals surface area contributed by atoms with Gasteiger partial charge in [-0.25, -0.2) is 13.5 Å². The average Bonchev–Trinajstić information content (AvgIpc) is 3.60. The molecule has 16 heteroatoms. The Balaban J connectivity index is 1.14. The number of anilines is 2. The van der Waals surface area contributed by atoms with Gasteiger partial charge in [0.2, 0.25) is 0 Å². The largest absolute Gasteiger partial charge is 0.407 e. The van der Waals surface area contributed by atoms with Crippen LogP contribution in [-0.4, -0.2) is 62.7 Å². The van der Waals surface area contributed by atoms with Gasteiger partial charge in [-0.15, -0.1) is 5.10 Å². The maximum atomic E-state index is 16.1. The summed E-state index contributed by atoms with van der Waals surface area (Å²) < 4.78 is 100. The van der Waals surface area contributed by atoms with E-state index in [9.17, 15) is 27.1 Å². The summed E-state index contributed by atoms with van der Waals surface area (Å²) in [6.45, 7) is 1.60. The molecule has 0 bridgehead atoms. The number of aromatic nitrogens is 5. The molecule has 3 heterocycles. The van der Waals surface area contributed by atoms with Crippen molar-refractivity contribution >= 4 is 11.4 Å². The van der Waals surface area contributed by atoms with E-state index in [-0.39, 0.29) is 5.56 Å². The van der Waals surface area contributed by atoms with Gasteiger partial charge in [-0.05, 0) is 64.0 Å². The van der Waals surface area contributed by atoms with Crippen molar-refractivity contribution in [1.82, 2.24) is 25.2 Å². The molecule has 1 fully saturated rings. The van der Waals surface area contributed by atoms with Crippen molar-refractivity contribution < 1.29 is 35.8 Å². The molecule has 0 amide bonds. The maximum Gasteiger partial charge on any atom is 0.407 e. The molecule has 2 atom stereocenters. The molecule has 0 saturated carbocycles. The normalized spacial score (nSPS) is 16.0. The monoisotopic (exact) mass is 686 g/mol. The lowest BCUT2D eigenvalue weighted by atomic mass is 9.84. The first kappa shape index (κ1) is 33.8. The van der Waals surface area contributed by atoms with Crippen molar-refractivity contribution in [2.45, 2.75) is 30.3 Å². The Morgan fingerprint density at radius 2 is 1.37 bits per heavy atom. The van der Waals surface area contributed by atoms with E-state index in [0.717, 1.165) is 40.6 Å². The minimum absolute atomic E-state index is 0.00338. The highest BCUT2D eigenvalue weighted by Crippen LogP contribution is 2.47. The van der Waals surface area contributed by atoms with Crippen molar-refractivity contribution in [3.63, 3.8) is 0 Å². The average molecular weight is 687 g/mol. The molecule has 1 aliphatic heterocycles. The van der Waals surface area contributed by atoms with E-state index < -0.39 is 53.2 Å². The van der Waals surface area contributed by atoms with E-state index in [2.05, 4.69) is 30.3 Å². The lowest BCUT2D eigenvalue weighted by molar-refractivity contribution is -0.207. The summed E-state index contributed by atoms with van der Waals surface area (Å²) in [6.07, 6.45) is -2.33. The standard InChI is InChI=1S/C33H29F7N8O/c34-24-6-11-27(28(35)17-24)31(49,19-48-20-43-44-45-48)32(36,37)29-12-5-23(18-42-29)21-1-7-25(8-2-21)46-13-15-47(16-14-46)26-9-3-22(4-10-26)30(41)33(38,39)40/h1-12,17-18,20,30,49H,13-16,19,41H2. The quantitative estimate of drug-likeness (QED) is 0.194. The van der Waals surface area contributed by atoms with E-state index in [4.69, 9.17) is 5.73 Å². The number of aliphatic hydroxyl groups is 1. The molecular formula is C33H29F7N8O. The summed E-state index contributed by atoms with van der Waals surface area (Å²) in [5.41, 5.74) is 3.23. The minimum Gasteiger partial charge on any atom is -0.377 e. The third-order valence-corrected chi connectivity index (χ3v) is 8.58. The summed E-state index contributed by atoms with van der Waals surface area (Å²) in [5.74, 6) is -6.57. The van der Waals surface area contributed by atoms with Gasteiger partial charge in [0.15, 0.2) is 5.60 Å². The molecule has 1 saturated heterocycles. The number of halogens is 7. The van der Waals surface area contributed by atoms with Crippen molar-refractivity contribution in [2.75, 3.05) is 36.0 Å². The van der Waals surface area contributed by atoms with Gasteiger partial charge >= 0.3 is 12.1 Å². The summed E-state index contributed by atoms with van der Waals surface area (Å²) in [7, 11) is 0. The molecule has 3 aromatic carbocycles.